The van der Waals surface area contributed by atoms with Crippen LogP contribution in [0.5, 0.6) is 5.75 Å². The van der Waals surface area contributed by atoms with Crippen molar-refractivity contribution in [2.24, 2.45) is 0 Å². The molecule has 0 unspecified atom stereocenters. The predicted molar refractivity (Wildman–Crippen MR) is 126 cm³/mol. The molecular weight excluding hydrogens is 436 g/mol. The Morgan fingerprint density at radius 1 is 1.06 bits per heavy atom. The number of aromatic nitrogens is 3. The molecule has 5 rings (SSSR count). The molecule has 8 heteroatoms. The number of thioether (sulfide) groups is 1. The number of fused-ring (bicyclic) bond motifs is 1. The van der Waals surface area contributed by atoms with Crippen molar-refractivity contribution in [3.8, 4) is 17.1 Å². The van der Waals surface area contributed by atoms with Gasteiger partial charge in [-0.15, -0.1) is 10.2 Å². The van der Waals surface area contributed by atoms with Crippen molar-refractivity contribution in [2.45, 2.75) is 24.7 Å². The number of hydrogen-bond donors (Lipinski definition) is 0. The van der Waals surface area contributed by atoms with Gasteiger partial charge in [0.25, 0.3) is 0 Å². The maximum absolute atomic E-state index is 13.0. The van der Waals surface area contributed by atoms with Crippen molar-refractivity contribution in [2.75, 3.05) is 19.4 Å². The molecule has 33 heavy (non-hydrogen) atoms. The summed E-state index contributed by atoms with van der Waals surface area (Å²) in [4.78, 5) is 14.9. The van der Waals surface area contributed by atoms with Crippen LogP contribution in [0.3, 0.4) is 0 Å². The average Bonchev–Trinajstić information content (AvgIpc) is 3.52. The summed E-state index contributed by atoms with van der Waals surface area (Å²) < 4.78 is 12.8. The Morgan fingerprint density at radius 3 is 2.64 bits per heavy atom. The monoisotopic (exact) mass is 460 g/mol. The summed E-state index contributed by atoms with van der Waals surface area (Å²) in [5, 5.41) is 9.51. The summed E-state index contributed by atoms with van der Waals surface area (Å²) in [7, 11) is 1.64. The van der Waals surface area contributed by atoms with Crippen LogP contribution in [0.25, 0.3) is 11.4 Å². The van der Waals surface area contributed by atoms with Gasteiger partial charge in [-0.2, -0.15) is 0 Å². The molecular formula is C25H24N4O3S. The van der Waals surface area contributed by atoms with E-state index in [4.69, 9.17) is 9.15 Å². The highest BCUT2D eigenvalue weighted by atomic mass is 32.2. The lowest BCUT2D eigenvalue weighted by molar-refractivity contribution is -0.129. The third-order valence-electron chi connectivity index (χ3n) is 5.77. The van der Waals surface area contributed by atoms with E-state index >= 15 is 0 Å². The first-order valence-corrected chi connectivity index (χ1v) is 11.8. The molecule has 0 fully saturated rings. The summed E-state index contributed by atoms with van der Waals surface area (Å²) >= 11 is 1.41. The molecule has 0 saturated heterocycles. The Hall–Kier alpha value is -3.52. The summed E-state index contributed by atoms with van der Waals surface area (Å²) in [5.74, 6) is 2.70. The van der Waals surface area contributed by atoms with Gasteiger partial charge in [-0.1, -0.05) is 36.0 Å². The molecule has 1 aliphatic rings. The number of amides is 1. The molecule has 7 nitrogen and oxygen atoms in total. The number of carbonyl (C=O) groups is 1. The first-order chi connectivity index (χ1) is 16.2. The predicted octanol–water partition coefficient (Wildman–Crippen LogP) is 4.27. The summed E-state index contributed by atoms with van der Waals surface area (Å²) in [6, 6.07) is 19.8. The maximum Gasteiger partial charge on any atom is 0.233 e. The fourth-order valence-electron chi connectivity index (χ4n) is 3.98. The highest BCUT2D eigenvalue weighted by Gasteiger charge is 2.22. The van der Waals surface area contributed by atoms with Crippen LogP contribution in [0.2, 0.25) is 0 Å². The van der Waals surface area contributed by atoms with E-state index in [-0.39, 0.29) is 5.91 Å². The molecule has 0 atom stereocenters. The van der Waals surface area contributed by atoms with Gasteiger partial charge in [0.05, 0.1) is 25.7 Å². The van der Waals surface area contributed by atoms with Crippen LogP contribution in [-0.2, 0) is 24.3 Å². The molecule has 0 saturated carbocycles. The van der Waals surface area contributed by atoms with Crippen LogP contribution in [-0.4, -0.2) is 45.0 Å². The SMILES string of the molecule is COc1ccc(-c2nnc(SCC(=O)N3CCc4ccccc4C3)n2Cc2ccco2)cc1. The summed E-state index contributed by atoms with van der Waals surface area (Å²) in [6.07, 6.45) is 2.54. The van der Waals surface area contributed by atoms with Crippen LogP contribution >= 0.6 is 11.8 Å². The normalized spacial score (nSPS) is 13.1. The van der Waals surface area contributed by atoms with E-state index in [1.807, 2.05) is 51.9 Å². The zero-order valence-corrected chi connectivity index (χ0v) is 19.1. The van der Waals surface area contributed by atoms with E-state index in [0.717, 1.165) is 35.9 Å². The number of carbonyl (C=O) groups excluding carboxylic acids is 1. The van der Waals surface area contributed by atoms with Gasteiger partial charge >= 0.3 is 0 Å². The van der Waals surface area contributed by atoms with Crippen molar-refractivity contribution in [3.05, 3.63) is 83.8 Å². The maximum atomic E-state index is 13.0. The number of furan rings is 1. The molecule has 4 aromatic rings. The third-order valence-corrected chi connectivity index (χ3v) is 6.72. The first kappa shape index (κ1) is 21.3. The van der Waals surface area contributed by atoms with Gasteiger partial charge in [0.2, 0.25) is 5.91 Å². The second-order valence-corrected chi connectivity index (χ2v) is 8.77. The van der Waals surface area contributed by atoms with Gasteiger partial charge in [-0.3, -0.25) is 9.36 Å². The third kappa shape index (κ3) is 4.66. The molecule has 2 aromatic carbocycles. The van der Waals surface area contributed by atoms with E-state index in [1.54, 1.807) is 13.4 Å². The standard InChI is InChI=1S/C25H24N4O3S/c1-31-21-10-8-19(9-11-21)24-26-27-25(29(24)16-22-7-4-14-32-22)33-17-23(30)28-13-12-18-5-2-3-6-20(18)15-28/h2-11,14H,12-13,15-17H2,1H3. The molecule has 0 spiro atoms. The Bertz CT molecular complexity index is 1240. The molecule has 0 bridgehead atoms. The van der Waals surface area contributed by atoms with E-state index < -0.39 is 0 Å². The fraction of sp³-hybridized carbons (Fsp3) is 0.240. The molecule has 168 valence electrons. The molecule has 3 heterocycles. The van der Waals surface area contributed by atoms with Crippen molar-refractivity contribution in [3.63, 3.8) is 0 Å². The lowest BCUT2D eigenvalue weighted by Gasteiger charge is -2.28. The fourth-order valence-corrected chi connectivity index (χ4v) is 4.82. The molecule has 1 amide bonds. The van der Waals surface area contributed by atoms with Crippen LogP contribution in [0.4, 0.5) is 0 Å². The average molecular weight is 461 g/mol. The smallest absolute Gasteiger partial charge is 0.233 e. The van der Waals surface area contributed by atoms with Gasteiger partial charge in [-0.25, -0.2) is 0 Å². The van der Waals surface area contributed by atoms with Gasteiger partial charge in [0.1, 0.15) is 11.5 Å². The Balaban J connectivity index is 1.34. The van der Waals surface area contributed by atoms with E-state index in [9.17, 15) is 4.79 Å². The number of rotatable bonds is 7. The molecule has 0 aliphatic carbocycles. The van der Waals surface area contributed by atoms with Crippen molar-refractivity contribution >= 4 is 17.7 Å². The Labute approximate surface area is 196 Å². The molecule has 0 N–H and O–H groups in total. The lowest BCUT2D eigenvalue weighted by Crippen LogP contribution is -2.37. The Kier molecular flexibility index (Phi) is 6.17. The van der Waals surface area contributed by atoms with Crippen LogP contribution in [0, 0.1) is 0 Å². The van der Waals surface area contributed by atoms with Gasteiger partial charge < -0.3 is 14.1 Å². The van der Waals surface area contributed by atoms with Crippen LogP contribution in [0.15, 0.2) is 76.5 Å². The Morgan fingerprint density at radius 2 is 1.88 bits per heavy atom. The number of nitrogens with zero attached hydrogens (tertiary/aromatic N) is 4. The number of ether oxygens (including phenoxy) is 1. The van der Waals surface area contributed by atoms with Crippen LogP contribution in [0.1, 0.15) is 16.9 Å². The minimum absolute atomic E-state index is 0.105. The highest BCUT2D eigenvalue weighted by Crippen LogP contribution is 2.27. The minimum atomic E-state index is 0.105. The molecule has 2 aromatic heterocycles. The van der Waals surface area contributed by atoms with Gasteiger partial charge in [-0.05, 0) is 53.9 Å². The second-order valence-electron chi connectivity index (χ2n) is 7.82. The second kappa shape index (κ2) is 9.54. The van der Waals surface area contributed by atoms with Gasteiger partial charge in [0.15, 0.2) is 11.0 Å². The summed E-state index contributed by atoms with van der Waals surface area (Å²) in [5.41, 5.74) is 3.47. The number of methoxy groups -OCH3 is 1. The lowest BCUT2D eigenvalue weighted by atomic mass is 10.00. The topological polar surface area (TPSA) is 73.4 Å². The summed E-state index contributed by atoms with van der Waals surface area (Å²) in [6.45, 7) is 1.88. The molecule has 0 radical (unpaired) electrons. The number of hydrogen-bond acceptors (Lipinski definition) is 6. The van der Waals surface area contributed by atoms with Gasteiger partial charge in [0, 0.05) is 18.7 Å². The van der Waals surface area contributed by atoms with Crippen molar-refractivity contribution < 1.29 is 13.9 Å². The number of benzene rings is 2. The van der Waals surface area contributed by atoms with Crippen molar-refractivity contribution in [1.29, 1.82) is 0 Å². The van der Waals surface area contributed by atoms with E-state index in [2.05, 4.69) is 28.4 Å². The highest BCUT2D eigenvalue weighted by molar-refractivity contribution is 7.99. The van der Waals surface area contributed by atoms with E-state index in [0.29, 0.717) is 24.0 Å². The van der Waals surface area contributed by atoms with Crippen molar-refractivity contribution in [1.82, 2.24) is 19.7 Å². The minimum Gasteiger partial charge on any atom is -0.497 e. The molecule has 1 aliphatic heterocycles. The largest absolute Gasteiger partial charge is 0.497 e. The zero-order chi connectivity index (χ0) is 22.6. The quantitative estimate of drug-likeness (QED) is 0.384. The van der Waals surface area contributed by atoms with E-state index in [1.165, 1.54) is 22.9 Å². The first-order valence-electron chi connectivity index (χ1n) is 10.8. The zero-order valence-electron chi connectivity index (χ0n) is 18.3. The van der Waals surface area contributed by atoms with Crippen LogP contribution < -0.4 is 4.74 Å².